The lowest BCUT2D eigenvalue weighted by Crippen LogP contribution is -2.27. The summed E-state index contributed by atoms with van der Waals surface area (Å²) in [6.45, 7) is 6.46. The van der Waals surface area contributed by atoms with Gasteiger partial charge in [-0.3, -0.25) is 5.41 Å². The van der Waals surface area contributed by atoms with Gasteiger partial charge in [-0.2, -0.15) is 0 Å². The average molecular weight is 244 g/mol. The first-order valence-electron chi connectivity index (χ1n) is 5.59. The molecule has 16 heavy (non-hydrogen) atoms. The molecule has 0 radical (unpaired) electrons. The Hall–Kier alpha value is -0.690. The highest BCUT2D eigenvalue weighted by molar-refractivity contribution is 7.54. The van der Waals surface area contributed by atoms with Crippen LogP contribution in [0.5, 0.6) is 0 Å². The van der Waals surface area contributed by atoms with Crippen molar-refractivity contribution < 1.29 is 4.20 Å². The standard InChI is InChI=1S/C12H22FN2P/c1-5-7-8-11(10-16(4)13)12(14)15(3)9-6-2/h7-8,10,14H,5-6,9H2,1-4H3/b8-7-,11-10-,14-12?. The normalized spacial score (nSPS) is 14.2. The van der Waals surface area contributed by atoms with Crippen LogP contribution in [0.15, 0.2) is 23.5 Å². The Kier molecular flexibility index (Phi) is 8.10. The fourth-order valence-corrected chi connectivity index (χ4v) is 1.88. The SMILES string of the molecule is CC/C=C\C(=C\P(C)F)C(=N)N(C)CCC. The summed E-state index contributed by atoms with van der Waals surface area (Å²) in [6.07, 6.45) is 5.68. The van der Waals surface area contributed by atoms with E-state index in [9.17, 15) is 4.20 Å². The van der Waals surface area contributed by atoms with Gasteiger partial charge in [-0.25, -0.2) is 4.20 Å². The van der Waals surface area contributed by atoms with Crippen LogP contribution in [0.4, 0.5) is 4.20 Å². The first-order valence-corrected chi connectivity index (χ1v) is 7.34. The Bertz CT molecular complexity index is 272. The van der Waals surface area contributed by atoms with Crippen LogP contribution in [0.2, 0.25) is 0 Å². The molecule has 0 aliphatic rings. The van der Waals surface area contributed by atoms with E-state index in [0.717, 1.165) is 19.4 Å². The van der Waals surface area contributed by atoms with E-state index in [4.69, 9.17) is 5.41 Å². The molecule has 1 unspecified atom stereocenters. The van der Waals surface area contributed by atoms with Crippen molar-refractivity contribution in [2.45, 2.75) is 26.7 Å². The molecule has 0 heterocycles. The number of hydrogen-bond acceptors (Lipinski definition) is 1. The molecule has 0 bridgehead atoms. The molecular weight excluding hydrogens is 222 g/mol. The van der Waals surface area contributed by atoms with E-state index in [-0.39, 0.29) is 0 Å². The Morgan fingerprint density at radius 1 is 1.44 bits per heavy atom. The molecule has 0 aromatic carbocycles. The van der Waals surface area contributed by atoms with Gasteiger partial charge in [0.15, 0.2) is 0 Å². The molecule has 0 aromatic rings. The predicted octanol–water partition coefficient (Wildman–Crippen LogP) is 4.15. The number of allylic oxidation sites excluding steroid dienone is 1. The molecule has 0 aliphatic heterocycles. The van der Waals surface area contributed by atoms with Gasteiger partial charge in [0.25, 0.3) is 0 Å². The average Bonchev–Trinajstić information content (AvgIpc) is 2.23. The molecule has 0 saturated heterocycles. The lowest BCUT2D eigenvalue weighted by molar-refractivity contribution is 0.499. The molecule has 2 nitrogen and oxygen atoms in total. The van der Waals surface area contributed by atoms with Crippen LogP contribution < -0.4 is 0 Å². The molecule has 0 amide bonds. The zero-order valence-electron chi connectivity index (χ0n) is 10.6. The molecule has 0 aliphatic carbocycles. The quantitative estimate of drug-likeness (QED) is 0.323. The summed E-state index contributed by atoms with van der Waals surface area (Å²) in [6, 6.07) is 0. The molecule has 0 spiro atoms. The van der Waals surface area contributed by atoms with Crippen LogP contribution in [-0.2, 0) is 0 Å². The molecular formula is C12H22FN2P. The van der Waals surface area contributed by atoms with Crippen LogP contribution in [0.1, 0.15) is 26.7 Å². The van der Waals surface area contributed by atoms with Crippen LogP contribution in [0.25, 0.3) is 0 Å². The van der Waals surface area contributed by atoms with E-state index in [2.05, 4.69) is 6.92 Å². The zero-order chi connectivity index (χ0) is 12.6. The third-order valence-electron chi connectivity index (χ3n) is 2.06. The summed E-state index contributed by atoms with van der Waals surface area (Å²) in [7, 11) is 0.267. The van der Waals surface area contributed by atoms with Gasteiger partial charge in [-0.1, -0.05) is 26.0 Å². The summed E-state index contributed by atoms with van der Waals surface area (Å²) >= 11 is 0. The number of halogens is 1. The minimum atomic E-state index is -1.60. The third kappa shape index (κ3) is 6.02. The van der Waals surface area contributed by atoms with E-state index in [1.54, 1.807) is 12.5 Å². The Morgan fingerprint density at radius 2 is 2.06 bits per heavy atom. The summed E-state index contributed by atoms with van der Waals surface area (Å²) < 4.78 is 13.0. The molecule has 0 fully saturated rings. The lowest BCUT2D eigenvalue weighted by atomic mass is 10.2. The second kappa shape index (κ2) is 8.46. The topological polar surface area (TPSA) is 27.1 Å². The van der Waals surface area contributed by atoms with Gasteiger partial charge in [-0.05, 0) is 25.3 Å². The van der Waals surface area contributed by atoms with Crippen LogP contribution >= 0.6 is 8.23 Å². The maximum Gasteiger partial charge on any atom is 0.127 e. The van der Waals surface area contributed by atoms with Crippen LogP contribution in [0.3, 0.4) is 0 Å². The molecule has 92 valence electrons. The fourth-order valence-electron chi connectivity index (χ4n) is 1.29. The highest BCUT2D eigenvalue weighted by Gasteiger charge is 2.08. The number of hydrogen-bond donors (Lipinski definition) is 1. The van der Waals surface area contributed by atoms with Crippen molar-refractivity contribution in [1.82, 2.24) is 4.90 Å². The minimum Gasteiger partial charge on any atom is -0.360 e. The third-order valence-corrected chi connectivity index (χ3v) is 2.70. The zero-order valence-corrected chi connectivity index (χ0v) is 11.5. The summed E-state index contributed by atoms with van der Waals surface area (Å²) in [5.74, 6) is 1.95. The number of likely N-dealkylation sites (N-methyl/N-ethyl adjacent to an activating group) is 1. The molecule has 4 heteroatoms. The molecule has 0 aromatic heterocycles. The highest BCUT2D eigenvalue weighted by Crippen LogP contribution is 2.35. The van der Waals surface area contributed by atoms with Crippen molar-refractivity contribution in [2.24, 2.45) is 0 Å². The second-order valence-electron chi connectivity index (χ2n) is 3.69. The summed E-state index contributed by atoms with van der Waals surface area (Å²) in [5, 5.41) is 7.98. The molecule has 1 atom stereocenters. The van der Waals surface area contributed by atoms with Crippen molar-refractivity contribution >= 4 is 14.1 Å². The van der Waals surface area contributed by atoms with Crippen molar-refractivity contribution in [3.63, 3.8) is 0 Å². The summed E-state index contributed by atoms with van der Waals surface area (Å²) in [4.78, 5) is 1.85. The largest absolute Gasteiger partial charge is 0.360 e. The van der Waals surface area contributed by atoms with Gasteiger partial charge in [-0.15, -0.1) is 0 Å². The number of rotatable bonds is 6. The number of amidine groups is 1. The van der Waals surface area contributed by atoms with E-state index in [1.165, 1.54) is 0 Å². The highest BCUT2D eigenvalue weighted by atomic mass is 31.2. The van der Waals surface area contributed by atoms with Gasteiger partial charge in [0.2, 0.25) is 0 Å². The van der Waals surface area contributed by atoms with Gasteiger partial charge in [0.1, 0.15) is 14.1 Å². The van der Waals surface area contributed by atoms with Crippen molar-refractivity contribution in [3.8, 4) is 0 Å². The van der Waals surface area contributed by atoms with E-state index < -0.39 is 8.23 Å². The van der Waals surface area contributed by atoms with Gasteiger partial charge in [0, 0.05) is 19.2 Å². The van der Waals surface area contributed by atoms with Crippen molar-refractivity contribution in [2.75, 3.05) is 20.3 Å². The van der Waals surface area contributed by atoms with Crippen LogP contribution in [-0.4, -0.2) is 31.0 Å². The lowest BCUT2D eigenvalue weighted by Gasteiger charge is -2.20. The van der Waals surface area contributed by atoms with Gasteiger partial charge >= 0.3 is 0 Å². The molecule has 0 saturated carbocycles. The second-order valence-corrected chi connectivity index (χ2v) is 5.00. The maximum atomic E-state index is 13.0. The first kappa shape index (κ1) is 15.3. The van der Waals surface area contributed by atoms with E-state index in [0.29, 0.717) is 11.4 Å². The van der Waals surface area contributed by atoms with E-state index >= 15 is 0 Å². The summed E-state index contributed by atoms with van der Waals surface area (Å²) in [5.41, 5.74) is 0.689. The van der Waals surface area contributed by atoms with Gasteiger partial charge < -0.3 is 4.90 Å². The number of nitrogens with one attached hydrogen (secondary N) is 1. The molecule has 1 N–H and O–H groups in total. The maximum absolute atomic E-state index is 13.0. The Labute approximate surface area is 99.6 Å². The minimum absolute atomic E-state index is 0.401. The smallest absolute Gasteiger partial charge is 0.127 e. The number of nitrogens with zero attached hydrogens (tertiary/aromatic N) is 1. The van der Waals surface area contributed by atoms with E-state index in [1.807, 2.05) is 31.0 Å². The van der Waals surface area contributed by atoms with Gasteiger partial charge in [0.05, 0.1) is 0 Å². The van der Waals surface area contributed by atoms with Crippen molar-refractivity contribution in [3.05, 3.63) is 23.5 Å². The van der Waals surface area contributed by atoms with Crippen molar-refractivity contribution in [1.29, 1.82) is 5.41 Å². The monoisotopic (exact) mass is 244 g/mol. The predicted molar refractivity (Wildman–Crippen MR) is 72.1 cm³/mol. The Morgan fingerprint density at radius 3 is 2.50 bits per heavy atom. The first-order chi connectivity index (χ1) is 7.52. The van der Waals surface area contributed by atoms with Crippen LogP contribution in [0, 0.1) is 5.41 Å². The fraction of sp³-hybridized carbons (Fsp3) is 0.583. The molecule has 0 rings (SSSR count). The Balaban J connectivity index is 4.76.